The van der Waals surface area contributed by atoms with E-state index in [0.717, 1.165) is 10.0 Å². The van der Waals surface area contributed by atoms with Crippen LogP contribution >= 0.6 is 43.2 Å². The third kappa shape index (κ3) is 4.12. The number of hydrogen-bond acceptors (Lipinski definition) is 4. The third-order valence-corrected chi connectivity index (χ3v) is 7.06. The van der Waals surface area contributed by atoms with Gasteiger partial charge >= 0.3 is 5.97 Å². The topological polar surface area (TPSA) is 86.3 Å². The lowest BCUT2D eigenvalue weighted by molar-refractivity contribution is 0.0697. The number of hydrogen-bond donors (Lipinski definition) is 2. The highest BCUT2D eigenvalue weighted by molar-refractivity contribution is 9.13. The lowest BCUT2D eigenvalue weighted by Gasteiger charge is -2.19. The van der Waals surface area contributed by atoms with E-state index in [1.54, 1.807) is 23.1 Å². The summed E-state index contributed by atoms with van der Waals surface area (Å²) < 4.78 is 2.13. The van der Waals surface area contributed by atoms with Crippen LogP contribution in [0.2, 0.25) is 0 Å². The van der Waals surface area contributed by atoms with Crippen LogP contribution in [0.3, 0.4) is 0 Å². The number of anilines is 1. The summed E-state index contributed by atoms with van der Waals surface area (Å²) in [5.41, 5.74) is 2.20. The molecule has 9 heteroatoms. The molecule has 0 bridgehead atoms. The lowest BCUT2D eigenvalue weighted by atomic mass is 10.2. The summed E-state index contributed by atoms with van der Waals surface area (Å²) in [6, 6.07) is 16.1. The van der Waals surface area contributed by atoms with Gasteiger partial charge in [-0.2, -0.15) is 0 Å². The number of nitrogens with zero attached hydrogens (tertiary/aromatic N) is 2. The van der Waals surface area contributed by atoms with E-state index in [9.17, 15) is 14.7 Å². The molecule has 4 aromatic rings. The maximum atomic E-state index is 13.3. The second kappa shape index (κ2) is 8.10. The predicted octanol–water partition coefficient (Wildman–Crippen LogP) is 5.69. The van der Waals surface area contributed by atoms with Crippen LogP contribution in [0.15, 0.2) is 63.7 Å². The number of aromatic carboxylic acids is 1. The second-order valence-corrected chi connectivity index (χ2v) is 8.86. The molecule has 0 saturated carbocycles. The van der Waals surface area contributed by atoms with Crippen molar-refractivity contribution in [2.45, 2.75) is 6.54 Å². The van der Waals surface area contributed by atoms with E-state index in [4.69, 9.17) is 0 Å². The van der Waals surface area contributed by atoms with Crippen molar-refractivity contribution in [3.05, 3.63) is 80.5 Å². The zero-order valence-electron chi connectivity index (χ0n) is 14.7. The number of amides is 1. The van der Waals surface area contributed by atoms with Crippen molar-refractivity contribution in [1.82, 2.24) is 9.97 Å². The van der Waals surface area contributed by atoms with Crippen LogP contribution in [-0.4, -0.2) is 27.0 Å². The summed E-state index contributed by atoms with van der Waals surface area (Å²) in [5.74, 6) is -1.24. The zero-order valence-corrected chi connectivity index (χ0v) is 18.7. The van der Waals surface area contributed by atoms with Crippen LogP contribution in [0, 0.1) is 0 Å². The minimum atomic E-state index is -1.000. The first kappa shape index (κ1) is 19.8. The summed E-state index contributed by atoms with van der Waals surface area (Å²) in [6.45, 7) is 0.333. The summed E-state index contributed by atoms with van der Waals surface area (Å²) in [4.78, 5) is 33.7. The molecule has 0 aliphatic heterocycles. The van der Waals surface area contributed by atoms with Crippen molar-refractivity contribution in [3.8, 4) is 0 Å². The molecule has 2 heterocycles. The Morgan fingerprint density at radius 2 is 1.86 bits per heavy atom. The number of halogens is 2. The first-order valence-electron chi connectivity index (χ1n) is 8.46. The normalized spacial score (nSPS) is 11.0. The molecule has 1 amide bonds. The molecule has 2 aromatic heterocycles. The molecule has 2 aromatic carbocycles. The Labute approximate surface area is 186 Å². The molecular weight excluding hydrogens is 522 g/mol. The standard InChI is InChI=1S/C20H13Br2N3O3S/c21-13-9-15(23-17(13)22)18(26)25(10-11-4-2-1-3-5-11)20-24-14-7-6-12(19(27)28)8-16(14)29-20/h1-9,23H,10H2,(H,27,28). The molecule has 0 aliphatic carbocycles. The number of carboxylic acid groups (broad SMARTS) is 1. The van der Waals surface area contributed by atoms with Gasteiger partial charge in [-0.3, -0.25) is 9.69 Å². The number of carbonyl (C=O) groups excluding carboxylic acids is 1. The molecule has 0 aliphatic rings. The molecule has 0 radical (unpaired) electrons. The van der Waals surface area contributed by atoms with Gasteiger partial charge in [-0.1, -0.05) is 41.7 Å². The predicted molar refractivity (Wildman–Crippen MR) is 120 cm³/mol. The van der Waals surface area contributed by atoms with Gasteiger partial charge in [0.2, 0.25) is 0 Å². The Morgan fingerprint density at radius 3 is 2.52 bits per heavy atom. The van der Waals surface area contributed by atoms with Crippen molar-refractivity contribution in [1.29, 1.82) is 0 Å². The third-order valence-electron chi connectivity index (χ3n) is 4.24. The number of fused-ring (bicyclic) bond motifs is 1. The van der Waals surface area contributed by atoms with E-state index < -0.39 is 5.97 Å². The smallest absolute Gasteiger partial charge is 0.335 e. The first-order chi connectivity index (χ1) is 13.9. The summed E-state index contributed by atoms with van der Waals surface area (Å²) >= 11 is 8.04. The highest BCUT2D eigenvalue weighted by Gasteiger charge is 2.24. The summed E-state index contributed by atoms with van der Waals surface area (Å²) in [7, 11) is 0. The Kier molecular flexibility index (Phi) is 5.53. The quantitative estimate of drug-likeness (QED) is 0.344. The molecule has 29 heavy (non-hydrogen) atoms. The molecule has 0 saturated heterocycles. The van der Waals surface area contributed by atoms with Crippen molar-refractivity contribution in [2.75, 3.05) is 4.90 Å². The number of aromatic nitrogens is 2. The van der Waals surface area contributed by atoms with Gasteiger partial charge in [0.15, 0.2) is 5.13 Å². The van der Waals surface area contributed by atoms with E-state index >= 15 is 0 Å². The minimum absolute atomic E-state index is 0.186. The fourth-order valence-corrected chi connectivity index (χ4v) is 4.48. The average Bonchev–Trinajstić information content (AvgIpc) is 3.28. The molecule has 0 unspecified atom stereocenters. The molecule has 0 spiro atoms. The summed E-state index contributed by atoms with van der Waals surface area (Å²) in [6.07, 6.45) is 0. The molecule has 146 valence electrons. The molecule has 0 fully saturated rings. The number of thiazole rings is 1. The van der Waals surface area contributed by atoms with Gasteiger partial charge in [0, 0.05) is 0 Å². The maximum Gasteiger partial charge on any atom is 0.335 e. The van der Waals surface area contributed by atoms with E-state index in [1.807, 2.05) is 30.3 Å². The number of H-pyrrole nitrogens is 1. The number of aromatic amines is 1. The SMILES string of the molecule is O=C(O)c1ccc2nc(N(Cc3ccccc3)C(=O)c3cc(Br)c(Br)[nH]3)sc2c1. The van der Waals surface area contributed by atoms with Gasteiger partial charge in [-0.25, -0.2) is 9.78 Å². The zero-order chi connectivity index (χ0) is 20.5. The molecule has 4 rings (SSSR count). The fourth-order valence-electron chi connectivity index (χ4n) is 2.82. The number of nitrogens with one attached hydrogen (secondary N) is 1. The molecule has 0 atom stereocenters. The molecule has 6 nitrogen and oxygen atoms in total. The van der Waals surface area contributed by atoms with Crippen LogP contribution in [0.1, 0.15) is 26.4 Å². The number of rotatable bonds is 5. The Morgan fingerprint density at radius 1 is 1.10 bits per heavy atom. The summed E-state index contributed by atoms with van der Waals surface area (Å²) in [5, 5.41) is 9.73. The van der Waals surface area contributed by atoms with E-state index in [0.29, 0.717) is 32.2 Å². The van der Waals surface area contributed by atoms with Crippen LogP contribution in [-0.2, 0) is 6.54 Å². The monoisotopic (exact) mass is 533 g/mol. The van der Waals surface area contributed by atoms with Gasteiger partial charge in [0.1, 0.15) is 5.69 Å². The Bertz CT molecular complexity index is 1200. The Hall–Kier alpha value is -2.49. The number of carbonyl (C=O) groups is 2. The number of carboxylic acids is 1. The van der Waals surface area contributed by atoms with Crippen LogP contribution < -0.4 is 4.90 Å². The largest absolute Gasteiger partial charge is 0.478 e. The highest BCUT2D eigenvalue weighted by atomic mass is 79.9. The molecule has 2 N–H and O–H groups in total. The van der Waals surface area contributed by atoms with Gasteiger partial charge in [-0.05, 0) is 61.7 Å². The first-order valence-corrected chi connectivity index (χ1v) is 10.9. The van der Waals surface area contributed by atoms with Gasteiger partial charge < -0.3 is 10.1 Å². The molecular formula is C20H13Br2N3O3S. The van der Waals surface area contributed by atoms with Gasteiger partial charge in [0.25, 0.3) is 5.91 Å². The maximum absolute atomic E-state index is 13.3. The van der Waals surface area contributed by atoms with Gasteiger partial charge in [-0.15, -0.1) is 0 Å². The van der Waals surface area contributed by atoms with Crippen molar-refractivity contribution < 1.29 is 14.7 Å². The van der Waals surface area contributed by atoms with E-state index in [-0.39, 0.29) is 11.5 Å². The van der Waals surface area contributed by atoms with Crippen molar-refractivity contribution in [2.24, 2.45) is 0 Å². The van der Waals surface area contributed by atoms with Crippen LogP contribution in [0.25, 0.3) is 10.2 Å². The number of benzene rings is 2. The van der Waals surface area contributed by atoms with Crippen molar-refractivity contribution in [3.63, 3.8) is 0 Å². The van der Waals surface area contributed by atoms with Gasteiger partial charge in [0.05, 0.1) is 31.4 Å². The van der Waals surface area contributed by atoms with E-state index in [1.165, 1.54) is 17.4 Å². The lowest BCUT2D eigenvalue weighted by Crippen LogP contribution is -2.30. The fraction of sp³-hybridized carbons (Fsp3) is 0.0500. The van der Waals surface area contributed by atoms with Crippen LogP contribution in [0.4, 0.5) is 5.13 Å². The van der Waals surface area contributed by atoms with E-state index in [2.05, 4.69) is 41.8 Å². The van der Waals surface area contributed by atoms with Crippen molar-refractivity contribution >= 4 is 70.4 Å². The highest BCUT2D eigenvalue weighted by Crippen LogP contribution is 2.32. The van der Waals surface area contributed by atoms with Crippen LogP contribution in [0.5, 0.6) is 0 Å². The Balaban J connectivity index is 1.77. The second-order valence-electron chi connectivity index (χ2n) is 6.21. The average molecular weight is 535 g/mol. The minimum Gasteiger partial charge on any atom is -0.478 e.